The van der Waals surface area contributed by atoms with Crippen molar-refractivity contribution in [2.45, 2.75) is 20.4 Å². The van der Waals surface area contributed by atoms with E-state index in [9.17, 15) is 19.2 Å². The summed E-state index contributed by atoms with van der Waals surface area (Å²) in [5, 5.41) is 2.64. The van der Waals surface area contributed by atoms with Gasteiger partial charge in [-0.25, -0.2) is 9.59 Å². The zero-order valence-corrected chi connectivity index (χ0v) is 19.2. The number of ketones is 1. The lowest BCUT2D eigenvalue weighted by Gasteiger charge is -2.10. The van der Waals surface area contributed by atoms with Crippen molar-refractivity contribution in [1.82, 2.24) is 5.32 Å². The monoisotopic (exact) mass is 459 g/mol. The van der Waals surface area contributed by atoms with E-state index in [-0.39, 0.29) is 23.5 Å². The van der Waals surface area contributed by atoms with Gasteiger partial charge in [0.25, 0.3) is 5.91 Å². The van der Waals surface area contributed by atoms with Gasteiger partial charge in [0.05, 0.1) is 18.2 Å². The predicted octanol–water partition coefficient (Wildman–Crippen LogP) is 3.79. The Morgan fingerprint density at radius 3 is 2.06 bits per heavy atom. The summed E-state index contributed by atoms with van der Waals surface area (Å²) >= 11 is 0. The van der Waals surface area contributed by atoms with Crippen molar-refractivity contribution < 1.29 is 28.7 Å². The molecule has 34 heavy (non-hydrogen) atoms. The van der Waals surface area contributed by atoms with Crippen LogP contribution in [0.15, 0.2) is 66.7 Å². The van der Waals surface area contributed by atoms with E-state index in [1.807, 2.05) is 19.9 Å². The van der Waals surface area contributed by atoms with Crippen LogP contribution in [0.1, 0.15) is 53.3 Å². The van der Waals surface area contributed by atoms with Crippen LogP contribution >= 0.6 is 0 Å². The fourth-order valence-corrected chi connectivity index (χ4v) is 3.23. The molecule has 1 N–H and O–H groups in total. The Kier molecular flexibility index (Phi) is 7.92. The fraction of sp³-hybridized carbons (Fsp3) is 0.185. The van der Waals surface area contributed by atoms with Gasteiger partial charge in [0.1, 0.15) is 0 Å². The third-order valence-electron chi connectivity index (χ3n) is 5.36. The first-order valence-electron chi connectivity index (χ1n) is 10.6. The third-order valence-corrected chi connectivity index (χ3v) is 5.36. The molecule has 7 heteroatoms. The van der Waals surface area contributed by atoms with Crippen molar-refractivity contribution in [3.63, 3.8) is 0 Å². The first kappa shape index (κ1) is 24.4. The molecule has 0 aromatic heterocycles. The van der Waals surface area contributed by atoms with Gasteiger partial charge in [-0.1, -0.05) is 42.5 Å². The predicted molar refractivity (Wildman–Crippen MR) is 126 cm³/mol. The number of benzene rings is 3. The molecule has 0 aliphatic rings. The van der Waals surface area contributed by atoms with Gasteiger partial charge in [0, 0.05) is 17.7 Å². The molecule has 0 saturated heterocycles. The number of nitrogens with one attached hydrogen (secondary N) is 1. The second-order valence-electron chi connectivity index (χ2n) is 7.72. The van der Waals surface area contributed by atoms with Gasteiger partial charge in [0.15, 0.2) is 12.4 Å². The highest BCUT2D eigenvalue weighted by molar-refractivity contribution is 6.14. The zero-order chi connectivity index (χ0) is 24.7. The summed E-state index contributed by atoms with van der Waals surface area (Å²) in [4.78, 5) is 49.3. The van der Waals surface area contributed by atoms with E-state index in [2.05, 4.69) is 10.1 Å². The number of hydrogen-bond donors (Lipinski definition) is 1. The van der Waals surface area contributed by atoms with Gasteiger partial charge in [-0.2, -0.15) is 0 Å². The average Bonchev–Trinajstić information content (AvgIpc) is 2.87. The first-order chi connectivity index (χ1) is 16.3. The van der Waals surface area contributed by atoms with E-state index in [4.69, 9.17) is 4.74 Å². The molecule has 3 aromatic carbocycles. The normalized spacial score (nSPS) is 10.3. The van der Waals surface area contributed by atoms with Gasteiger partial charge >= 0.3 is 11.9 Å². The zero-order valence-electron chi connectivity index (χ0n) is 19.2. The van der Waals surface area contributed by atoms with E-state index >= 15 is 0 Å². The van der Waals surface area contributed by atoms with E-state index in [1.165, 1.54) is 13.2 Å². The number of ether oxygens (including phenoxy) is 2. The summed E-state index contributed by atoms with van der Waals surface area (Å²) in [6.45, 7) is 3.57. The molecule has 0 aliphatic heterocycles. The molecule has 0 radical (unpaired) electrons. The minimum absolute atomic E-state index is 0.0944. The molecular weight excluding hydrogens is 434 g/mol. The molecule has 1 amide bonds. The lowest BCUT2D eigenvalue weighted by molar-refractivity contribution is -0.124. The van der Waals surface area contributed by atoms with Crippen molar-refractivity contribution in [2.24, 2.45) is 0 Å². The van der Waals surface area contributed by atoms with Crippen molar-refractivity contribution in [1.29, 1.82) is 0 Å². The van der Waals surface area contributed by atoms with Gasteiger partial charge in [-0.15, -0.1) is 0 Å². The lowest BCUT2D eigenvalue weighted by Crippen LogP contribution is -2.28. The maximum absolute atomic E-state index is 13.0. The second-order valence-corrected chi connectivity index (χ2v) is 7.72. The maximum Gasteiger partial charge on any atom is 0.339 e. The van der Waals surface area contributed by atoms with Crippen LogP contribution < -0.4 is 5.32 Å². The Morgan fingerprint density at radius 2 is 1.41 bits per heavy atom. The van der Waals surface area contributed by atoms with Crippen LogP contribution in [0.3, 0.4) is 0 Å². The molecule has 7 nitrogen and oxygen atoms in total. The van der Waals surface area contributed by atoms with Gasteiger partial charge in [0.2, 0.25) is 0 Å². The molecule has 0 aliphatic carbocycles. The van der Waals surface area contributed by atoms with Gasteiger partial charge in [-0.3, -0.25) is 9.59 Å². The minimum atomic E-state index is -0.759. The summed E-state index contributed by atoms with van der Waals surface area (Å²) < 4.78 is 9.79. The molecule has 0 atom stereocenters. The SMILES string of the molecule is COC(=O)c1ccc(CNC(=O)COC(=O)c2ccccc2C(=O)c2ccc(C)c(C)c2)cc1. The Labute approximate surface area is 197 Å². The van der Waals surface area contributed by atoms with Gasteiger partial charge < -0.3 is 14.8 Å². The van der Waals surface area contributed by atoms with Crippen LogP contribution in [-0.4, -0.2) is 37.3 Å². The number of rotatable bonds is 8. The highest BCUT2D eigenvalue weighted by atomic mass is 16.5. The van der Waals surface area contributed by atoms with Crippen molar-refractivity contribution in [2.75, 3.05) is 13.7 Å². The minimum Gasteiger partial charge on any atom is -0.465 e. The van der Waals surface area contributed by atoms with E-state index in [0.29, 0.717) is 11.1 Å². The molecule has 0 saturated carbocycles. The van der Waals surface area contributed by atoms with Crippen LogP contribution in [0.2, 0.25) is 0 Å². The molecule has 3 rings (SSSR count). The summed E-state index contributed by atoms with van der Waals surface area (Å²) in [6.07, 6.45) is 0. The number of esters is 2. The average molecular weight is 459 g/mol. The highest BCUT2D eigenvalue weighted by Gasteiger charge is 2.20. The summed E-state index contributed by atoms with van der Waals surface area (Å²) in [6, 6.07) is 18.3. The van der Waals surface area contributed by atoms with Crippen molar-refractivity contribution in [3.8, 4) is 0 Å². The smallest absolute Gasteiger partial charge is 0.339 e. The summed E-state index contributed by atoms with van der Waals surface area (Å²) in [5.41, 5.74) is 3.98. The topological polar surface area (TPSA) is 98.8 Å². The number of carbonyl (C=O) groups excluding carboxylic acids is 4. The molecule has 0 bridgehead atoms. The quantitative estimate of drug-likeness (QED) is 0.406. The standard InChI is InChI=1S/C27H25NO6/c1-17-8-11-21(14-18(17)2)25(30)22-6-4-5-7-23(22)27(32)34-16-24(29)28-15-19-9-12-20(13-10-19)26(31)33-3/h4-14H,15-16H2,1-3H3,(H,28,29). The molecule has 174 valence electrons. The van der Waals surface area contributed by atoms with Crippen LogP contribution in [0.25, 0.3) is 0 Å². The van der Waals surface area contributed by atoms with Crippen LogP contribution in [0.4, 0.5) is 0 Å². The Balaban J connectivity index is 1.59. The molecule has 0 unspecified atom stereocenters. The first-order valence-corrected chi connectivity index (χ1v) is 10.6. The number of carbonyl (C=O) groups is 4. The number of methoxy groups -OCH3 is 1. The van der Waals surface area contributed by atoms with Crippen molar-refractivity contribution in [3.05, 3.63) is 106 Å². The van der Waals surface area contributed by atoms with E-state index in [1.54, 1.807) is 54.6 Å². The summed E-state index contributed by atoms with van der Waals surface area (Å²) in [5.74, 6) is -2.00. The molecule has 0 heterocycles. The molecular formula is C27H25NO6. The Morgan fingerprint density at radius 1 is 0.765 bits per heavy atom. The Bertz CT molecular complexity index is 1230. The van der Waals surface area contributed by atoms with Crippen LogP contribution in [0, 0.1) is 13.8 Å². The molecule has 0 spiro atoms. The molecule has 0 fully saturated rings. The van der Waals surface area contributed by atoms with Crippen LogP contribution in [0.5, 0.6) is 0 Å². The summed E-state index contributed by atoms with van der Waals surface area (Å²) in [7, 11) is 1.30. The second kappa shape index (κ2) is 11.0. The van der Waals surface area contributed by atoms with E-state index < -0.39 is 24.5 Å². The number of aryl methyl sites for hydroxylation is 2. The van der Waals surface area contributed by atoms with E-state index in [0.717, 1.165) is 16.7 Å². The fourth-order valence-electron chi connectivity index (χ4n) is 3.23. The molecule has 3 aromatic rings. The Hall–Kier alpha value is -4.26. The third kappa shape index (κ3) is 5.95. The van der Waals surface area contributed by atoms with Crippen molar-refractivity contribution >= 4 is 23.6 Å². The lowest BCUT2D eigenvalue weighted by atomic mass is 9.96. The number of hydrogen-bond acceptors (Lipinski definition) is 6. The maximum atomic E-state index is 13.0. The largest absolute Gasteiger partial charge is 0.465 e. The van der Waals surface area contributed by atoms with Gasteiger partial charge in [-0.05, 0) is 54.8 Å². The highest BCUT2D eigenvalue weighted by Crippen LogP contribution is 2.18. The van der Waals surface area contributed by atoms with Crippen LogP contribution in [-0.2, 0) is 20.8 Å². The number of amides is 1.